The molecule has 0 saturated carbocycles. The molecule has 26 heavy (non-hydrogen) atoms. The van der Waals surface area contributed by atoms with Crippen LogP contribution in [0.3, 0.4) is 0 Å². The minimum atomic E-state index is -1.08. The summed E-state index contributed by atoms with van der Waals surface area (Å²) in [5, 5.41) is 11.8. The smallest absolute Gasteiger partial charge is 0.319 e. The Balaban J connectivity index is 1.86. The van der Waals surface area contributed by atoms with Crippen molar-refractivity contribution in [3.63, 3.8) is 0 Å². The van der Waals surface area contributed by atoms with Gasteiger partial charge in [-0.2, -0.15) is 5.26 Å². The van der Waals surface area contributed by atoms with Gasteiger partial charge >= 0.3 is 6.03 Å². The van der Waals surface area contributed by atoms with E-state index in [2.05, 4.69) is 25.2 Å². The molecule has 2 aromatic carbocycles. The van der Waals surface area contributed by atoms with Crippen LogP contribution in [0.5, 0.6) is 0 Å². The molecule has 1 saturated heterocycles. The Morgan fingerprint density at radius 1 is 1.15 bits per heavy atom. The first-order chi connectivity index (χ1) is 12.3. The van der Waals surface area contributed by atoms with Gasteiger partial charge in [0.1, 0.15) is 5.54 Å². The molecule has 1 atom stereocenters. The van der Waals surface area contributed by atoms with Crippen LogP contribution < -0.4 is 5.32 Å². The second-order valence-corrected chi connectivity index (χ2v) is 7.04. The lowest BCUT2D eigenvalue weighted by molar-refractivity contribution is -0.131. The van der Waals surface area contributed by atoms with Gasteiger partial charge in [0.05, 0.1) is 18.2 Å². The Morgan fingerprint density at radius 3 is 2.46 bits per heavy atom. The van der Waals surface area contributed by atoms with E-state index in [1.165, 1.54) is 10.5 Å². The number of carbonyl (C=O) groups is 2. The van der Waals surface area contributed by atoms with E-state index in [9.17, 15) is 9.59 Å². The Morgan fingerprint density at radius 2 is 1.85 bits per heavy atom. The highest BCUT2D eigenvalue weighted by atomic mass is 16.2. The Labute approximate surface area is 153 Å². The molecule has 1 aliphatic heterocycles. The third-order valence-corrected chi connectivity index (χ3v) is 4.83. The van der Waals surface area contributed by atoms with Gasteiger partial charge in [0.25, 0.3) is 5.91 Å². The van der Waals surface area contributed by atoms with Gasteiger partial charge in [-0.25, -0.2) is 4.79 Å². The van der Waals surface area contributed by atoms with Gasteiger partial charge in [0.2, 0.25) is 0 Å². The minimum Gasteiger partial charge on any atom is -0.319 e. The molecule has 0 radical (unpaired) electrons. The number of hydrogen-bond donors (Lipinski definition) is 1. The first-order valence-corrected chi connectivity index (χ1v) is 8.58. The quantitative estimate of drug-likeness (QED) is 0.858. The van der Waals surface area contributed by atoms with Crippen LogP contribution in [0.25, 0.3) is 0 Å². The van der Waals surface area contributed by atoms with Crippen LogP contribution in [0.2, 0.25) is 0 Å². The van der Waals surface area contributed by atoms with E-state index in [1.54, 1.807) is 31.2 Å². The van der Waals surface area contributed by atoms with E-state index in [-0.39, 0.29) is 12.5 Å². The molecular weight excluding hydrogens is 326 g/mol. The number of nitriles is 1. The van der Waals surface area contributed by atoms with Crippen LogP contribution in [0.1, 0.15) is 48.9 Å². The molecule has 1 N–H and O–H groups in total. The van der Waals surface area contributed by atoms with Crippen LogP contribution in [0.15, 0.2) is 48.5 Å². The van der Waals surface area contributed by atoms with E-state index in [1.807, 2.05) is 24.3 Å². The van der Waals surface area contributed by atoms with Gasteiger partial charge in [-0.1, -0.05) is 50.2 Å². The van der Waals surface area contributed by atoms with Gasteiger partial charge in [-0.05, 0) is 41.7 Å². The standard InChI is InChI=1S/C21H21N3O2/c1-14(2)17-7-9-18(10-8-17)21(3)19(25)24(20(26)23-21)13-16-6-4-5-15(11-16)12-22/h4-11,14H,13H2,1-3H3,(H,23,26). The topological polar surface area (TPSA) is 73.2 Å². The predicted molar refractivity (Wildman–Crippen MR) is 98.1 cm³/mol. The third-order valence-electron chi connectivity index (χ3n) is 4.83. The van der Waals surface area contributed by atoms with Crippen molar-refractivity contribution in [1.82, 2.24) is 10.2 Å². The minimum absolute atomic E-state index is 0.139. The van der Waals surface area contributed by atoms with Crippen LogP contribution in [-0.4, -0.2) is 16.8 Å². The van der Waals surface area contributed by atoms with E-state index in [0.29, 0.717) is 11.5 Å². The van der Waals surface area contributed by atoms with Gasteiger partial charge < -0.3 is 5.32 Å². The molecule has 3 amide bonds. The molecule has 0 spiro atoms. The lowest BCUT2D eigenvalue weighted by atomic mass is 9.90. The van der Waals surface area contributed by atoms with Crippen molar-refractivity contribution < 1.29 is 9.59 Å². The average Bonchev–Trinajstić information content (AvgIpc) is 2.86. The summed E-state index contributed by atoms with van der Waals surface area (Å²) in [6.07, 6.45) is 0. The van der Waals surface area contributed by atoms with Crippen molar-refractivity contribution in [1.29, 1.82) is 5.26 Å². The number of carbonyl (C=O) groups excluding carboxylic acids is 2. The number of amides is 3. The molecule has 0 bridgehead atoms. The van der Waals surface area contributed by atoms with Crippen molar-refractivity contribution in [2.75, 3.05) is 0 Å². The average molecular weight is 347 g/mol. The highest BCUT2D eigenvalue weighted by molar-refractivity contribution is 6.07. The summed E-state index contributed by atoms with van der Waals surface area (Å²) < 4.78 is 0. The fourth-order valence-electron chi connectivity index (χ4n) is 3.16. The number of imide groups is 1. The lowest BCUT2D eigenvalue weighted by Crippen LogP contribution is -2.40. The third kappa shape index (κ3) is 3.06. The van der Waals surface area contributed by atoms with E-state index in [4.69, 9.17) is 5.26 Å². The van der Waals surface area contributed by atoms with Crippen LogP contribution in [0.4, 0.5) is 4.79 Å². The zero-order chi connectivity index (χ0) is 18.9. The van der Waals surface area contributed by atoms with Crippen LogP contribution in [0, 0.1) is 11.3 Å². The van der Waals surface area contributed by atoms with Crippen molar-refractivity contribution >= 4 is 11.9 Å². The number of nitrogens with one attached hydrogen (secondary N) is 1. The monoisotopic (exact) mass is 347 g/mol. The summed E-state index contributed by atoms with van der Waals surface area (Å²) in [4.78, 5) is 26.6. The van der Waals surface area contributed by atoms with Crippen LogP contribution in [-0.2, 0) is 16.9 Å². The molecule has 1 heterocycles. The Hall–Kier alpha value is -3.13. The maximum atomic E-state index is 13.0. The summed E-state index contributed by atoms with van der Waals surface area (Å²) in [6.45, 7) is 6.08. The summed E-state index contributed by atoms with van der Waals surface area (Å²) in [7, 11) is 0. The molecule has 3 rings (SSSR count). The normalized spacial score (nSPS) is 19.6. The van der Waals surface area contributed by atoms with Crippen LogP contribution >= 0.6 is 0 Å². The second-order valence-electron chi connectivity index (χ2n) is 7.04. The molecule has 1 unspecified atom stereocenters. The van der Waals surface area contributed by atoms with Gasteiger partial charge in [0, 0.05) is 0 Å². The molecular formula is C21H21N3O2. The van der Waals surface area contributed by atoms with Gasteiger partial charge in [0.15, 0.2) is 0 Å². The second kappa shape index (κ2) is 6.64. The molecule has 1 fully saturated rings. The van der Waals surface area contributed by atoms with Crippen molar-refractivity contribution in [2.24, 2.45) is 0 Å². The van der Waals surface area contributed by atoms with Crippen molar-refractivity contribution in [3.05, 3.63) is 70.8 Å². The molecule has 0 aliphatic carbocycles. The van der Waals surface area contributed by atoms with Gasteiger partial charge in [-0.15, -0.1) is 0 Å². The van der Waals surface area contributed by atoms with E-state index < -0.39 is 11.6 Å². The van der Waals surface area contributed by atoms with Crippen molar-refractivity contribution in [3.8, 4) is 6.07 Å². The largest absolute Gasteiger partial charge is 0.325 e. The first kappa shape index (κ1) is 17.7. The fraction of sp³-hybridized carbons (Fsp3) is 0.286. The highest BCUT2D eigenvalue weighted by Gasteiger charge is 2.48. The highest BCUT2D eigenvalue weighted by Crippen LogP contribution is 2.30. The molecule has 1 aliphatic rings. The molecule has 5 heteroatoms. The molecule has 5 nitrogen and oxygen atoms in total. The number of rotatable bonds is 4. The maximum Gasteiger partial charge on any atom is 0.325 e. The Kier molecular flexibility index (Phi) is 4.52. The first-order valence-electron chi connectivity index (χ1n) is 8.58. The Bertz CT molecular complexity index is 896. The summed E-state index contributed by atoms with van der Waals surface area (Å²) in [6, 6.07) is 16.3. The summed E-state index contributed by atoms with van der Waals surface area (Å²) in [5.74, 6) is 0.108. The number of hydrogen-bond acceptors (Lipinski definition) is 3. The van der Waals surface area contributed by atoms with Gasteiger partial charge in [-0.3, -0.25) is 9.69 Å². The number of urea groups is 1. The lowest BCUT2D eigenvalue weighted by Gasteiger charge is -2.23. The van der Waals surface area contributed by atoms with Crippen molar-refractivity contribution in [2.45, 2.75) is 38.8 Å². The molecule has 132 valence electrons. The maximum absolute atomic E-state index is 13.0. The zero-order valence-corrected chi connectivity index (χ0v) is 15.1. The predicted octanol–water partition coefficient (Wildman–Crippen LogP) is 3.65. The zero-order valence-electron chi connectivity index (χ0n) is 15.1. The summed E-state index contributed by atoms with van der Waals surface area (Å²) in [5.41, 5.74) is 2.10. The number of benzene rings is 2. The summed E-state index contributed by atoms with van der Waals surface area (Å²) >= 11 is 0. The van der Waals surface area contributed by atoms with E-state index in [0.717, 1.165) is 11.1 Å². The number of nitrogens with zero attached hydrogens (tertiary/aromatic N) is 2. The molecule has 2 aromatic rings. The molecule has 0 aromatic heterocycles. The SMILES string of the molecule is CC(C)c1ccc(C2(C)NC(=O)N(Cc3cccc(C#N)c3)C2=O)cc1. The van der Waals surface area contributed by atoms with E-state index >= 15 is 0 Å². The fourth-order valence-corrected chi connectivity index (χ4v) is 3.16.